The number of aliphatic hydroxyl groups excluding tert-OH is 2. The van der Waals surface area contributed by atoms with Gasteiger partial charge in [0.2, 0.25) is 0 Å². The summed E-state index contributed by atoms with van der Waals surface area (Å²) in [6.45, 7) is 1.54. The second kappa shape index (κ2) is 24.6. The van der Waals surface area contributed by atoms with Crippen molar-refractivity contribution in [2.75, 3.05) is 13.2 Å². The minimum atomic E-state index is -1.07. The highest BCUT2D eigenvalue weighted by atomic mass is 16.6. The van der Waals surface area contributed by atoms with Crippen molar-refractivity contribution >= 4 is 17.9 Å². The van der Waals surface area contributed by atoms with Crippen molar-refractivity contribution in [1.29, 1.82) is 0 Å². The van der Waals surface area contributed by atoms with Gasteiger partial charge in [0.15, 0.2) is 0 Å². The number of unbranched alkanes of at least 4 members (excludes halogenated alkanes) is 15. The van der Waals surface area contributed by atoms with Gasteiger partial charge in [-0.2, -0.15) is 0 Å². The Morgan fingerprint density at radius 3 is 1.35 bits per heavy atom. The molecule has 0 aliphatic rings. The molecule has 0 fully saturated rings. The lowest BCUT2D eigenvalue weighted by molar-refractivity contribution is -0.160. The first-order valence-electron chi connectivity index (χ1n) is 13.7. The van der Waals surface area contributed by atoms with E-state index in [4.69, 9.17) is 19.7 Å². The smallest absolute Gasteiger partial charge is 0.313 e. The van der Waals surface area contributed by atoms with E-state index in [1.54, 1.807) is 0 Å². The third-order valence-electron chi connectivity index (χ3n) is 5.87. The molecule has 0 bridgehead atoms. The molecule has 0 saturated heterocycles. The summed E-state index contributed by atoms with van der Waals surface area (Å²) in [5.41, 5.74) is 0. The average molecular weight is 487 g/mol. The quantitative estimate of drug-likeness (QED) is 0.101. The third-order valence-corrected chi connectivity index (χ3v) is 5.87. The number of carbonyl (C=O) groups excluding carboxylic acids is 3. The van der Waals surface area contributed by atoms with Crippen molar-refractivity contribution in [1.82, 2.24) is 0 Å². The predicted octanol–water partition coefficient (Wildman–Crippen LogP) is 5.77. The van der Waals surface area contributed by atoms with Crippen LogP contribution in [0.5, 0.6) is 0 Å². The summed E-state index contributed by atoms with van der Waals surface area (Å²) in [7, 11) is 0. The van der Waals surface area contributed by atoms with E-state index >= 15 is 0 Å². The first-order chi connectivity index (χ1) is 16.5. The van der Waals surface area contributed by atoms with Gasteiger partial charge in [-0.3, -0.25) is 14.4 Å². The summed E-state index contributed by atoms with van der Waals surface area (Å²) in [4.78, 5) is 34.9. The summed E-state index contributed by atoms with van der Waals surface area (Å²) >= 11 is 0. The van der Waals surface area contributed by atoms with Crippen LogP contribution >= 0.6 is 0 Å². The number of esters is 3. The van der Waals surface area contributed by atoms with E-state index in [1.807, 2.05) is 0 Å². The highest BCUT2D eigenvalue weighted by Gasteiger charge is 2.11. The zero-order chi connectivity index (χ0) is 25.3. The normalized spacial score (nSPS) is 11.9. The van der Waals surface area contributed by atoms with Crippen LogP contribution in [-0.4, -0.2) is 47.4 Å². The lowest BCUT2D eigenvalue weighted by atomic mass is 10.0. The summed E-state index contributed by atoms with van der Waals surface area (Å²) in [5, 5.41) is 17.7. The first kappa shape index (κ1) is 32.5. The summed E-state index contributed by atoms with van der Waals surface area (Å²) in [5.74, 6) is -1.53. The van der Waals surface area contributed by atoms with E-state index in [1.165, 1.54) is 77.0 Å². The monoisotopic (exact) mass is 486 g/mol. The number of rotatable bonds is 24. The topological polar surface area (TPSA) is 110 Å². The number of carbonyl (C=O) groups is 3. The molecule has 0 aliphatic carbocycles. The molecule has 7 nitrogen and oxygen atoms in total. The number of ether oxygens (including phenoxy) is 2. The molecule has 2 N–H and O–H groups in total. The standard InChI is InChI=1S/C27H50O7/c1-2-3-4-5-6-7-8-9-10-11-12-13-14-15-16-20-26(31)34-27(32)21-18-17-19-25(30)33-23-24(29)22-28/h24,28-29H,2-23H2,1H3. The summed E-state index contributed by atoms with van der Waals surface area (Å²) < 4.78 is 9.58. The maximum absolute atomic E-state index is 11.7. The number of aliphatic hydroxyl groups is 2. The average Bonchev–Trinajstić information content (AvgIpc) is 2.82. The van der Waals surface area contributed by atoms with Crippen molar-refractivity contribution in [2.24, 2.45) is 0 Å². The van der Waals surface area contributed by atoms with Crippen molar-refractivity contribution in [2.45, 2.75) is 141 Å². The molecule has 0 aromatic rings. The van der Waals surface area contributed by atoms with E-state index in [0.717, 1.165) is 19.3 Å². The fourth-order valence-electron chi connectivity index (χ4n) is 3.72. The van der Waals surface area contributed by atoms with Gasteiger partial charge < -0.3 is 19.7 Å². The highest BCUT2D eigenvalue weighted by Crippen LogP contribution is 2.14. The van der Waals surface area contributed by atoms with Gasteiger partial charge in [-0.05, 0) is 19.3 Å². The largest absolute Gasteiger partial charge is 0.463 e. The second-order valence-corrected chi connectivity index (χ2v) is 9.27. The zero-order valence-corrected chi connectivity index (χ0v) is 21.6. The molecular weight excluding hydrogens is 436 g/mol. The van der Waals surface area contributed by atoms with E-state index in [9.17, 15) is 14.4 Å². The van der Waals surface area contributed by atoms with Crippen LogP contribution in [0.1, 0.15) is 135 Å². The zero-order valence-electron chi connectivity index (χ0n) is 21.6. The van der Waals surface area contributed by atoms with Gasteiger partial charge in [0, 0.05) is 19.3 Å². The molecule has 0 spiro atoms. The SMILES string of the molecule is CCCCCCCCCCCCCCCCCC(=O)OC(=O)CCCCC(=O)OCC(O)CO. The Hall–Kier alpha value is -1.47. The highest BCUT2D eigenvalue weighted by molar-refractivity contribution is 5.85. The maximum Gasteiger partial charge on any atom is 0.313 e. The molecule has 34 heavy (non-hydrogen) atoms. The van der Waals surface area contributed by atoms with Crippen LogP contribution in [0, 0.1) is 0 Å². The van der Waals surface area contributed by atoms with E-state index in [-0.39, 0.29) is 25.9 Å². The Morgan fingerprint density at radius 2 is 0.941 bits per heavy atom. The lowest BCUT2D eigenvalue weighted by Gasteiger charge is -2.08. The molecule has 0 aliphatic heterocycles. The molecule has 1 unspecified atom stereocenters. The summed E-state index contributed by atoms with van der Waals surface area (Å²) in [6.07, 6.45) is 19.1. The Bertz CT molecular complexity index is 507. The van der Waals surface area contributed by atoms with Gasteiger partial charge in [0.05, 0.1) is 6.61 Å². The Balaban J connectivity index is 3.40. The molecule has 0 aromatic carbocycles. The van der Waals surface area contributed by atoms with Crippen LogP contribution in [0.2, 0.25) is 0 Å². The Morgan fingerprint density at radius 1 is 0.588 bits per heavy atom. The molecular formula is C27H50O7. The van der Waals surface area contributed by atoms with Gasteiger partial charge in [-0.15, -0.1) is 0 Å². The lowest BCUT2D eigenvalue weighted by Crippen LogP contribution is -2.21. The van der Waals surface area contributed by atoms with Crippen molar-refractivity contribution in [3.63, 3.8) is 0 Å². The van der Waals surface area contributed by atoms with Crippen molar-refractivity contribution in [3.05, 3.63) is 0 Å². The van der Waals surface area contributed by atoms with Crippen molar-refractivity contribution in [3.8, 4) is 0 Å². The van der Waals surface area contributed by atoms with E-state index < -0.39 is 30.6 Å². The number of hydrogen-bond acceptors (Lipinski definition) is 7. The van der Waals surface area contributed by atoms with Crippen LogP contribution in [0.15, 0.2) is 0 Å². The van der Waals surface area contributed by atoms with Crippen LogP contribution in [-0.2, 0) is 23.9 Å². The van der Waals surface area contributed by atoms with E-state index in [0.29, 0.717) is 12.8 Å². The minimum absolute atomic E-state index is 0.0805. The van der Waals surface area contributed by atoms with Gasteiger partial charge >= 0.3 is 17.9 Å². The van der Waals surface area contributed by atoms with Gasteiger partial charge in [-0.25, -0.2) is 0 Å². The summed E-state index contributed by atoms with van der Waals surface area (Å²) in [6, 6.07) is 0. The molecule has 200 valence electrons. The second-order valence-electron chi connectivity index (χ2n) is 9.27. The fraction of sp³-hybridized carbons (Fsp3) is 0.889. The van der Waals surface area contributed by atoms with Crippen LogP contribution in [0.25, 0.3) is 0 Å². The van der Waals surface area contributed by atoms with Gasteiger partial charge in [0.1, 0.15) is 12.7 Å². The molecule has 0 rings (SSSR count). The first-order valence-corrected chi connectivity index (χ1v) is 13.7. The fourth-order valence-corrected chi connectivity index (χ4v) is 3.72. The van der Waals surface area contributed by atoms with Gasteiger partial charge in [-0.1, -0.05) is 96.8 Å². The Labute approximate surface area is 207 Å². The van der Waals surface area contributed by atoms with Crippen molar-refractivity contribution < 1.29 is 34.1 Å². The van der Waals surface area contributed by atoms with Gasteiger partial charge in [0.25, 0.3) is 0 Å². The molecule has 0 radical (unpaired) electrons. The third kappa shape index (κ3) is 23.7. The molecule has 0 aromatic heterocycles. The molecule has 0 amide bonds. The Kier molecular flexibility index (Phi) is 23.6. The maximum atomic E-state index is 11.7. The van der Waals surface area contributed by atoms with Crippen LogP contribution in [0.4, 0.5) is 0 Å². The van der Waals surface area contributed by atoms with Crippen LogP contribution in [0.3, 0.4) is 0 Å². The molecule has 0 saturated carbocycles. The minimum Gasteiger partial charge on any atom is -0.463 e. The number of hydrogen-bond donors (Lipinski definition) is 2. The van der Waals surface area contributed by atoms with Crippen LogP contribution < -0.4 is 0 Å². The molecule has 0 heterocycles. The molecule has 7 heteroatoms. The predicted molar refractivity (Wildman–Crippen MR) is 133 cm³/mol. The molecule has 1 atom stereocenters. The van der Waals surface area contributed by atoms with E-state index in [2.05, 4.69) is 6.92 Å².